The number of nitrogens with zero attached hydrogens (tertiary/aromatic N) is 6. The number of furan rings is 2. The van der Waals surface area contributed by atoms with Gasteiger partial charge in [0.2, 0.25) is 11.4 Å². The fourth-order valence-corrected chi connectivity index (χ4v) is 6.64. The molecule has 0 radical (unpaired) electrons. The van der Waals surface area contributed by atoms with Crippen LogP contribution in [0.2, 0.25) is 5.15 Å². The molecule has 7 heterocycles. The van der Waals surface area contributed by atoms with Crippen molar-refractivity contribution in [2.24, 2.45) is 11.8 Å². The summed E-state index contributed by atoms with van der Waals surface area (Å²) in [5, 5.41) is 4.66. The fourth-order valence-electron chi connectivity index (χ4n) is 6.47. The van der Waals surface area contributed by atoms with Crippen molar-refractivity contribution in [3.63, 3.8) is 0 Å². The highest BCUT2D eigenvalue weighted by atomic mass is 35.5. The van der Waals surface area contributed by atoms with Crippen LogP contribution in [0.4, 0.5) is 0 Å². The fraction of sp³-hybridized carbons (Fsp3) is 0.318. The molecule has 2 aromatic carbocycles. The predicted octanol–water partition coefficient (Wildman–Crippen LogP) is 10.2. The summed E-state index contributed by atoms with van der Waals surface area (Å²) in [6.07, 6.45) is 8.62. The molecule has 1 saturated heterocycles. The molecule has 0 saturated carbocycles. The van der Waals surface area contributed by atoms with Crippen molar-refractivity contribution in [2.75, 3.05) is 0 Å². The van der Waals surface area contributed by atoms with Crippen LogP contribution in [0.15, 0.2) is 107 Å². The molecule has 1 aliphatic rings. The molecule has 0 aliphatic carbocycles. The van der Waals surface area contributed by atoms with Crippen molar-refractivity contribution in [3.8, 4) is 11.3 Å². The molecule has 56 heavy (non-hydrogen) atoms. The van der Waals surface area contributed by atoms with Gasteiger partial charge in [0.1, 0.15) is 29.0 Å². The third-order valence-corrected chi connectivity index (χ3v) is 10.2. The van der Waals surface area contributed by atoms with Crippen LogP contribution >= 0.6 is 11.6 Å². The lowest BCUT2D eigenvalue weighted by Crippen LogP contribution is -2.41. The van der Waals surface area contributed by atoms with E-state index in [-0.39, 0.29) is 11.2 Å². The Kier molecular flexibility index (Phi) is 11.2. The minimum atomic E-state index is -0.407. The Hall–Kier alpha value is -5.23. The third kappa shape index (κ3) is 8.60. The number of rotatable bonds is 6. The van der Waals surface area contributed by atoms with Gasteiger partial charge in [-0.2, -0.15) is 0 Å². The van der Waals surface area contributed by atoms with E-state index in [1.165, 1.54) is 6.33 Å². The summed E-state index contributed by atoms with van der Waals surface area (Å²) < 4.78 is 23.7. The van der Waals surface area contributed by atoms with Gasteiger partial charge in [-0.3, -0.25) is 0 Å². The van der Waals surface area contributed by atoms with Gasteiger partial charge in [-0.25, -0.2) is 29.9 Å². The maximum Gasteiger partial charge on any atom is 0.496 e. The molecule has 0 spiro atoms. The summed E-state index contributed by atoms with van der Waals surface area (Å²) in [6.45, 7) is 16.9. The van der Waals surface area contributed by atoms with Crippen LogP contribution in [-0.2, 0) is 22.2 Å². The van der Waals surface area contributed by atoms with Crippen molar-refractivity contribution in [2.45, 2.75) is 79.4 Å². The molecule has 9 rings (SSSR count). The Bertz CT molecular complexity index is 2600. The zero-order chi connectivity index (χ0) is 39.6. The van der Waals surface area contributed by atoms with Crippen molar-refractivity contribution >= 4 is 68.3 Å². The molecule has 1 fully saturated rings. The molecule has 0 N–H and O–H groups in total. The number of aromatic nitrogens is 6. The van der Waals surface area contributed by atoms with E-state index in [4.69, 9.17) is 29.7 Å². The van der Waals surface area contributed by atoms with E-state index in [2.05, 4.69) is 75.8 Å². The lowest BCUT2D eigenvalue weighted by molar-refractivity contribution is 0.00578. The Morgan fingerprint density at radius 3 is 1.68 bits per heavy atom. The van der Waals surface area contributed by atoms with Gasteiger partial charge < -0.3 is 18.1 Å². The predicted molar refractivity (Wildman–Crippen MR) is 224 cm³/mol. The van der Waals surface area contributed by atoms with Crippen LogP contribution in [0.5, 0.6) is 0 Å². The lowest BCUT2D eigenvalue weighted by atomic mass is 9.80. The van der Waals surface area contributed by atoms with Gasteiger partial charge in [-0.15, -0.1) is 0 Å². The first kappa shape index (κ1) is 39.0. The van der Waals surface area contributed by atoms with E-state index in [1.54, 1.807) is 12.5 Å². The number of fused-ring (bicyclic) bond motifs is 6. The number of para-hydroxylation sites is 2. The molecule has 10 nitrogen and oxygen atoms in total. The standard InChI is InChI=1S/C19H17N3O.C17H18BNO3.C8H11ClN2/c1-12(2)7-14-9-17(22-11-21-14)13-8-16-15-5-3-4-6-18(15)23-19(16)20-10-13;1-16(2)17(3,4)22-18(21-16)11-9-13-12-7-5-6-8-14(12)20-15(13)19-10-11;1-6(2)3-7-4-8(9)11-5-10-7/h3-6,8-12H,7H2,1-2H3;5-10H,1-4H3;4-6H,3H2,1-2H3. The van der Waals surface area contributed by atoms with Crippen LogP contribution in [-0.4, -0.2) is 48.2 Å². The van der Waals surface area contributed by atoms with Gasteiger partial charge in [0.05, 0.1) is 16.9 Å². The molecular formula is C44H46BClN6O4. The Balaban J connectivity index is 0.000000137. The zero-order valence-electron chi connectivity index (χ0n) is 33.1. The summed E-state index contributed by atoms with van der Waals surface area (Å²) in [4.78, 5) is 25.5. The quantitative estimate of drug-likeness (QED) is 0.119. The van der Waals surface area contributed by atoms with Gasteiger partial charge >= 0.3 is 7.12 Å². The number of hydrogen-bond donors (Lipinski definition) is 0. The molecule has 0 unspecified atom stereocenters. The number of hydrogen-bond acceptors (Lipinski definition) is 10. The molecule has 0 atom stereocenters. The topological polar surface area (TPSA) is 122 Å². The highest BCUT2D eigenvalue weighted by Crippen LogP contribution is 2.37. The Labute approximate surface area is 332 Å². The summed E-state index contributed by atoms with van der Waals surface area (Å²) in [5.74, 6) is 1.18. The first-order valence-electron chi connectivity index (χ1n) is 18.9. The number of halogens is 1. The van der Waals surface area contributed by atoms with Crippen LogP contribution in [0.1, 0.15) is 66.8 Å². The molecular weight excluding hydrogens is 723 g/mol. The Morgan fingerprint density at radius 2 is 1.11 bits per heavy atom. The van der Waals surface area contributed by atoms with Gasteiger partial charge in [-0.05, 0) is 88.8 Å². The van der Waals surface area contributed by atoms with E-state index >= 15 is 0 Å². The van der Waals surface area contributed by atoms with Crippen LogP contribution in [0, 0.1) is 11.8 Å². The molecule has 286 valence electrons. The summed E-state index contributed by atoms with van der Waals surface area (Å²) >= 11 is 5.68. The lowest BCUT2D eigenvalue weighted by Gasteiger charge is -2.32. The highest BCUT2D eigenvalue weighted by molar-refractivity contribution is 6.62. The molecule has 1 aliphatic heterocycles. The van der Waals surface area contributed by atoms with Crippen LogP contribution in [0.25, 0.3) is 55.4 Å². The van der Waals surface area contributed by atoms with E-state index in [9.17, 15) is 0 Å². The van der Waals surface area contributed by atoms with Crippen molar-refractivity contribution in [1.29, 1.82) is 0 Å². The first-order valence-corrected chi connectivity index (χ1v) is 19.3. The van der Waals surface area contributed by atoms with Gasteiger partial charge in [-0.1, -0.05) is 75.7 Å². The summed E-state index contributed by atoms with van der Waals surface area (Å²) in [7, 11) is -0.407. The van der Waals surface area contributed by atoms with E-state index in [0.717, 1.165) is 73.7 Å². The zero-order valence-corrected chi connectivity index (χ0v) is 33.8. The maximum atomic E-state index is 6.09. The highest BCUT2D eigenvalue weighted by Gasteiger charge is 2.51. The van der Waals surface area contributed by atoms with Crippen LogP contribution < -0.4 is 5.46 Å². The maximum absolute atomic E-state index is 6.09. The molecule has 0 bridgehead atoms. The first-order chi connectivity index (χ1) is 26.8. The second-order valence-corrected chi connectivity index (χ2v) is 16.3. The second kappa shape index (κ2) is 16.1. The molecule has 6 aromatic heterocycles. The van der Waals surface area contributed by atoms with E-state index in [1.807, 2.05) is 88.5 Å². The Morgan fingerprint density at radius 1 is 0.589 bits per heavy atom. The van der Waals surface area contributed by atoms with Gasteiger partial charge in [0.25, 0.3) is 0 Å². The molecule has 8 aromatic rings. The van der Waals surface area contributed by atoms with E-state index in [0.29, 0.717) is 28.4 Å². The van der Waals surface area contributed by atoms with Crippen molar-refractivity contribution in [1.82, 2.24) is 29.9 Å². The normalized spacial score (nSPS) is 14.7. The number of benzene rings is 2. The van der Waals surface area contributed by atoms with E-state index < -0.39 is 7.12 Å². The average Bonchev–Trinajstić information content (AvgIpc) is 3.79. The third-order valence-electron chi connectivity index (χ3n) is 9.96. The largest absolute Gasteiger partial charge is 0.496 e. The molecule has 12 heteroatoms. The monoisotopic (exact) mass is 768 g/mol. The van der Waals surface area contributed by atoms with Crippen molar-refractivity contribution < 1.29 is 18.1 Å². The van der Waals surface area contributed by atoms with Gasteiger partial charge in [0.15, 0.2) is 0 Å². The SMILES string of the molecule is CC(C)Cc1cc(-c2cnc3oc4ccccc4c3c2)ncn1.CC(C)Cc1cc(Cl)ncn1.CC1(C)OB(c2cnc3oc4ccccc4c3c2)OC1(C)C. The van der Waals surface area contributed by atoms with Crippen molar-refractivity contribution in [3.05, 3.63) is 114 Å². The minimum Gasteiger partial charge on any atom is -0.438 e. The smallest absolute Gasteiger partial charge is 0.438 e. The van der Waals surface area contributed by atoms with Gasteiger partial charge in [0, 0.05) is 56.4 Å². The summed E-state index contributed by atoms with van der Waals surface area (Å²) in [6, 6.07) is 23.9. The number of pyridine rings is 2. The second-order valence-electron chi connectivity index (χ2n) is 15.9. The molecule has 0 amide bonds. The average molecular weight is 769 g/mol. The van der Waals surface area contributed by atoms with Crippen LogP contribution in [0.3, 0.4) is 0 Å². The minimum absolute atomic E-state index is 0.356. The summed E-state index contributed by atoms with van der Waals surface area (Å²) in [5.41, 5.74) is 7.15.